The molecule has 2 aromatic carbocycles. The zero-order chi connectivity index (χ0) is 19.7. The zero-order valence-corrected chi connectivity index (χ0v) is 16.1. The summed E-state index contributed by atoms with van der Waals surface area (Å²) in [7, 11) is 1.72. The maximum Gasteiger partial charge on any atom is 0.244 e. The molecule has 0 aliphatic carbocycles. The SMILES string of the molecule is CN1C(=O)C(Cc2ccc(-c3ccncc3)cc2)NC(O)c2cc(Cl)ccc21. The van der Waals surface area contributed by atoms with Crippen molar-refractivity contribution in [2.24, 2.45) is 0 Å². The highest BCUT2D eigenvalue weighted by molar-refractivity contribution is 6.30. The maximum atomic E-state index is 12.9. The minimum Gasteiger partial charge on any atom is -0.374 e. The molecule has 3 aromatic rings. The molecular weight excluding hydrogens is 374 g/mol. The second-order valence-electron chi connectivity index (χ2n) is 6.86. The number of carbonyl (C=O) groups excluding carboxylic acids is 1. The fourth-order valence-corrected chi connectivity index (χ4v) is 3.69. The lowest BCUT2D eigenvalue weighted by Gasteiger charge is -2.21. The van der Waals surface area contributed by atoms with E-state index in [-0.39, 0.29) is 5.91 Å². The molecule has 5 nitrogen and oxygen atoms in total. The first-order valence-electron chi connectivity index (χ1n) is 9.03. The Morgan fingerprint density at radius 2 is 1.75 bits per heavy atom. The molecule has 142 valence electrons. The van der Waals surface area contributed by atoms with E-state index in [1.165, 1.54) is 0 Å². The van der Waals surface area contributed by atoms with Gasteiger partial charge in [-0.15, -0.1) is 0 Å². The third-order valence-corrected chi connectivity index (χ3v) is 5.28. The van der Waals surface area contributed by atoms with E-state index in [4.69, 9.17) is 11.6 Å². The number of nitrogens with one attached hydrogen (secondary N) is 1. The Hall–Kier alpha value is -2.73. The van der Waals surface area contributed by atoms with Crippen LogP contribution in [0.4, 0.5) is 5.69 Å². The Morgan fingerprint density at radius 3 is 2.46 bits per heavy atom. The number of aromatic nitrogens is 1. The number of hydrogen-bond donors (Lipinski definition) is 2. The lowest BCUT2D eigenvalue weighted by Crippen LogP contribution is -2.45. The van der Waals surface area contributed by atoms with Crippen LogP contribution < -0.4 is 10.2 Å². The minimum atomic E-state index is -0.969. The number of benzene rings is 2. The van der Waals surface area contributed by atoms with Crippen molar-refractivity contribution < 1.29 is 9.90 Å². The molecule has 2 heterocycles. The van der Waals surface area contributed by atoms with Crippen molar-refractivity contribution in [1.82, 2.24) is 10.3 Å². The number of halogens is 1. The number of carbonyl (C=O) groups is 1. The summed E-state index contributed by atoms with van der Waals surface area (Å²) in [5, 5.41) is 14.1. The first kappa shape index (κ1) is 18.6. The molecule has 2 unspecified atom stereocenters. The summed E-state index contributed by atoms with van der Waals surface area (Å²) < 4.78 is 0. The highest BCUT2D eigenvalue weighted by Crippen LogP contribution is 2.31. The molecule has 1 aromatic heterocycles. The van der Waals surface area contributed by atoms with Gasteiger partial charge in [0.05, 0.1) is 11.7 Å². The molecule has 1 aliphatic heterocycles. The first-order chi connectivity index (χ1) is 13.5. The molecule has 28 heavy (non-hydrogen) atoms. The average Bonchev–Trinajstić information content (AvgIpc) is 2.80. The third-order valence-electron chi connectivity index (χ3n) is 5.04. The lowest BCUT2D eigenvalue weighted by molar-refractivity contribution is -0.120. The highest BCUT2D eigenvalue weighted by atomic mass is 35.5. The van der Waals surface area contributed by atoms with E-state index >= 15 is 0 Å². The fraction of sp³-hybridized carbons (Fsp3) is 0.182. The van der Waals surface area contributed by atoms with E-state index < -0.39 is 12.3 Å². The summed E-state index contributed by atoms with van der Waals surface area (Å²) in [5.74, 6) is -0.0988. The van der Waals surface area contributed by atoms with Crippen molar-refractivity contribution in [1.29, 1.82) is 0 Å². The molecule has 1 aliphatic rings. The summed E-state index contributed by atoms with van der Waals surface area (Å²) in [4.78, 5) is 18.6. The van der Waals surface area contributed by atoms with Gasteiger partial charge in [0.25, 0.3) is 0 Å². The van der Waals surface area contributed by atoms with Crippen LogP contribution in [0.15, 0.2) is 67.0 Å². The summed E-state index contributed by atoms with van der Waals surface area (Å²) in [5.41, 5.74) is 4.44. The van der Waals surface area contributed by atoms with Crippen LogP contribution >= 0.6 is 11.6 Å². The van der Waals surface area contributed by atoms with Gasteiger partial charge < -0.3 is 10.0 Å². The van der Waals surface area contributed by atoms with Gasteiger partial charge in [0.15, 0.2) is 0 Å². The first-order valence-corrected chi connectivity index (χ1v) is 9.41. The van der Waals surface area contributed by atoms with Gasteiger partial charge in [0.1, 0.15) is 6.23 Å². The molecular formula is C22H20ClN3O2. The molecule has 1 amide bonds. The van der Waals surface area contributed by atoms with Crippen LogP contribution in [-0.2, 0) is 11.2 Å². The predicted molar refractivity (Wildman–Crippen MR) is 110 cm³/mol. The Balaban J connectivity index is 1.56. The number of rotatable bonds is 3. The number of pyridine rings is 1. The standard InChI is InChI=1S/C22H20ClN3O2/c1-26-20-7-6-17(23)13-18(20)21(27)25-19(22(26)28)12-14-2-4-15(5-3-14)16-8-10-24-11-9-16/h2-11,13,19,21,25,27H,12H2,1H3. The van der Waals surface area contributed by atoms with Crippen LogP contribution in [0.1, 0.15) is 17.4 Å². The highest BCUT2D eigenvalue weighted by Gasteiger charge is 2.32. The smallest absolute Gasteiger partial charge is 0.244 e. The molecule has 4 rings (SSSR count). The van der Waals surface area contributed by atoms with Crippen LogP contribution in [0, 0.1) is 0 Å². The lowest BCUT2D eigenvalue weighted by atomic mass is 10.0. The molecule has 2 atom stereocenters. The summed E-state index contributed by atoms with van der Waals surface area (Å²) >= 11 is 6.06. The summed E-state index contributed by atoms with van der Waals surface area (Å²) in [6, 6.07) is 16.6. The van der Waals surface area contributed by atoms with Crippen molar-refractivity contribution >= 4 is 23.2 Å². The second kappa shape index (κ2) is 7.72. The quantitative estimate of drug-likeness (QED) is 0.714. The van der Waals surface area contributed by atoms with Crippen LogP contribution in [-0.4, -0.2) is 29.1 Å². The topological polar surface area (TPSA) is 65.5 Å². The molecule has 0 saturated carbocycles. The van der Waals surface area contributed by atoms with E-state index in [9.17, 15) is 9.90 Å². The van der Waals surface area contributed by atoms with Crippen molar-refractivity contribution in [2.75, 3.05) is 11.9 Å². The molecule has 0 radical (unpaired) electrons. The Labute approximate surface area is 168 Å². The van der Waals surface area contributed by atoms with Gasteiger partial charge in [-0.2, -0.15) is 0 Å². The van der Waals surface area contributed by atoms with E-state index in [0.717, 1.165) is 16.7 Å². The monoisotopic (exact) mass is 393 g/mol. The minimum absolute atomic E-state index is 0.0988. The van der Waals surface area contributed by atoms with Crippen LogP contribution in [0.25, 0.3) is 11.1 Å². The number of likely N-dealkylation sites (N-methyl/N-ethyl adjacent to an activating group) is 1. The van der Waals surface area contributed by atoms with Crippen molar-refractivity contribution in [2.45, 2.75) is 18.7 Å². The number of anilines is 1. The van der Waals surface area contributed by atoms with E-state index in [1.54, 1.807) is 42.5 Å². The maximum absolute atomic E-state index is 12.9. The van der Waals surface area contributed by atoms with E-state index in [1.807, 2.05) is 36.4 Å². The molecule has 0 bridgehead atoms. The van der Waals surface area contributed by atoms with Crippen LogP contribution in [0.3, 0.4) is 0 Å². The van der Waals surface area contributed by atoms with Crippen molar-refractivity contribution in [3.05, 3.63) is 83.1 Å². The Kier molecular flexibility index (Phi) is 5.13. The van der Waals surface area contributed by atoms with Gasteiger partial charge in [-0.25, -0.2) is 0 Å². The Bertz CT molecular complexity index is 992. The molecule has 2 N–H and O–H groups in total. The Morgan fingerprint density at radius 1 is 1.07 bits per heavy atom. The molecule has 6 heteroatoms. The van der Waals surface area contributed by atoms with E-state index in [0.29, 0.717) is 22.7 Å². The number of nitrogens with zero attached hydrogens (tertiary/aromatic N) is 2. The third kappa shape index (κ3) is 3.64. The zero-order valence-electron chi connectivity index (χ0n) is 15.3. The van der Waals surface area contributed by atoms with Crippen LogP contribution in [0.5, 0.6) is 0 Å². The van der Waals surface area contributed by atoms with Gasteiger partial charge in [-0.05, 0) is 53.4 Å². The van der Waals surface area contributed by atoms with Gasteiger partial charge in [-0.1, -0.05) is 35.9 Å². The molecule has 0 saturated heterocycles. The summed E-state index contributed by atoms with van der Waals surface area (Å²) in [6.45, 7) is 0. The van der Waals surface area contributed by atoms with Gasteiger partial charge in [0.2, 0.25) is 5.91 Å². The largest absolute Gasteiger partial charge is 0.374 e. The summed E-state index contributed by atoms with van der Waals surface area (Å²) in [6.07, 6.45) is 3.03. The van der Waals surface area contributed by atoms with Gasteiger partial charge in [-0.3, -0.25) is 15.1 Å². The number of aliphatic hydroxyl groups is 1. The number of hydrogen-bond acceptors (Lipinski definition) is 4. The van der Waals surface area contributed by atoms with Crippen molar-refractivity contribution in [3.63, 3.8) is 0 Å². The number of aliphatic hydroxyl groups excluding tert-OH is 1. The fourth-order valence-electron chi connectivity index (χ4n) is 3.51. The second-order valence-corrected chi connectivity index (χ2v) is 7.30. The molecule has 0 spiro atoms. The van der Waals surface area contributed by atoms with Crippen LogP contribution in [0.2, 0.25) is 5.02 Å². The van der Waals surface area contributed by atoms with Crippen molar-refractivity contribution in [3.8, 4) is 11.1 Å². The number of fused-ring (bicyclic) bond motifs is 1. The van der Waals surface area contributed by atoms with Gasteiger partial charge in [0, 0.05) is 30.0 Å². The van der Waals surface area contributed by atoms with Gasteiger partial charge >= 0.3 is 0 Å². The normalized spacial score (nSPS) is 19.2. The number of amides is 1. The predicted octanol–water partition coefficient (Wildman–Crippen LogP) is 3.57. The van der Waals surface area contributed by atoms with E-state index in [2.05, 4.69) is 10.3 Å². The average molecular weight is 394 g/mol. The molecule has 0 fully saturated rings.